The second kappa shape index (κ2) is 11.0. The zero-order valence-electron chi connectivity index (χ0n) is 30.4. The fraction of sp³-hybridized carbons (Fsp3) is 0.379. The van der Waals surface area contributed by atoms with Gasteiger partial charge in [0.25, 0.3) is 0 Å². The van der Waals surface area contributed by atoms with Crippen LogP contribution < -0.4 is 9.80 Å². The molecule has 214 valence electrons. The highest BCUT2D eigenvalue weighted by Gasteiger charge is 2.28. The van der Waals surface area contributed by atoms with Crippen LogP contribution in [-0.2, 0) is 11.1 Å². The van der Waals surface area contributed by atoms with Gasteiger partial charge in [0.05, 0.1) is 28.8 Å². The molecule has 1 fully saturated rings. The number of hydrogen-bond donors (Lipinski definition) is 0. The van der Waals surface area contributed by atoms with E-state index in [4.69, 9.17) is 15.7 Å². The number of nitriles is 1. The molecule has 1 aliphatic heterocycles. The van der Waals surface area contributed by atoms with Gasteiger partial charge in [-0.25, -0.2) is 23.1 Å². The summed E-state index contributed by atoms with van der Waals surface area (Å²) in [5.41, 5.74) is -1.97. The SMILES string of the molecule is [2H]C([2H])([2H])N(c1nc(-c2ccc(F)cc2)c(C#N)s1)c1c(C([2H])([2H])C([2H])([2H])[2H])nn2cc(F)c(N3CCN(C(=O)OC(C)(C)C)CC3)cc12. The van der Waals surface area contributed by atoms with Crippen molar-refractivity contribution in [3.05, 3.63) is 58.7 Å². The number of fused-ring (bicyclic) bond motifs is 1. The molecule has 9 nitrogen and oxygen atoms in total. The van der Waals surface area contributed by atoms with E-state index >= 15 is 4.39 Å². The molecule has 0 atom stereocenters. The van der Waals surface area contributed by atoms with Gasteiger partial charge >= 0.3 is 6.09 Å². The number of halogens is 2. The average molecular weight is 588 g/mol. The molecule has 0 spiro atoms. The first-order valence-corrected chi connectivity index (χ1v) is 13.4. The van der Waals surface area contributed by atoms with E-state index in [-0.39, 0.29) is 53.1 Å². The first-order valence-electron chi connectivity index (χ1n) is 16.5. The fourth-order valence-corrected chi connectivity index (χ4v) is 5.23. The Labute approximate surface area is 252 Å². The molecule has 1 amide bonds. The Morgan fingerprint density at radius 3 is 2.61 bits per heavy atom. The summed E-state index contributed by atoms with van der Waals surface area (Å²) in [4.78, 5) is 20.6. The Balaban J connectivity index is 1.68. The third-order valence-electron chi connectivity index (χ3n) is 6.32. The van der Waals surface area contributed by atoms with Gasteiger partial charge in [0.2, 0.25) is 0 Å². The van der Waals surface area contributed by atoms with Crippen LogP contribution in [0.15, 0.2) is 36.5 Å². The summed E-state index contributed by atoms with van der Waals surface area (Å²) in [6.45, 7) is -0.670. The van der Waals surface area contributed by atoms with Crippen molar-refractivity contribution in [3.63, 3.8) is 0 Å². The number of carbonyl (C=O) groups is 1. The lowest BCUT2D eigenvalue weighted by Gasteiger charge is -2.36. The zero-order chi connectivity index (χ0) is 36.3. The average Bonchev–Trinajstić information content (AvgIpc) is 3.57. The summed E-state index contributed by atoms with van der Waals surface area (Å²) < 4.78 is 102. The monoisotopic (exact) mass is 587 g/mol. The molecule has 0 radical (unpaired) electrons. The van der Waals surface area contributed by atoms with Crippen molar-refractivity contribution in [2.45, 2.75) is 39.6 Å². The number of hydrogen-bond acceptors (Lipinski definition) is 8. The molecular weight excluding hydrogens is 548 g/mol. The molecule has 1 aliphatic rings. The Morgan fingerprint density at radius 1 is 1.24 bits per heavy atom. The van der Waals surface area contributed by atoms with Crippen LogP contribution in [0.2, 0.25) is 0 Å². The minimum Gasteiger partial charge on any atom is -0.444 e. The fourth-order valence-electron chi connectivity index (χ4n) is 4.43. The van der Waals surface area contributed by atoms with Gasteiger partial charge in [-0.3, -0.25) is 0 Å². The van der Waals surface area contributed by atoms with E-state index in [9.17, 15) is 14.4 Å². The number of ether oxygens (including phenoxy) is 1. The van der Waals surface area contributed by atoms with E-state index in [0.29, 0.717) is 21.8 Å². The van der Waals surface area contributed by atoms with Crippen LogP contribution >= 0.6 is 11.3 Å². The van der Waals surface area contributed by atoms with Gasteiger partial charge in [0.1, 0.15) is 28.1 Å². The second-order valence-electron chi connectivity index (χ2n) is 10.2. The predicted molar refractivity (Wildman–Crippen MR) is 155 cm³/mol. The number of nitrogens with zero attached hydrogens (tertiary/aromatic N) is 7. The number of carbonyl (C=O) groups excluding carboxylic acids is 1. The molecule has 41 heavy (non-hydrogen) atoms. The van der Waals surface area contributed by atoms with Gasteiger partial charge in [-0.2, -0.15) is 10.4 Å². The summed E-state index contributed by atoms with van der Waals surface area (Å²) in [6, 6.07) is 8.14. The van der Waals surface area contributed by atoms with Crippen molar-refractivity contribution in [2.24, 2.45) is 0 Å². The van der Waals surface area contributed by atoms with E-state index in [2.05, 4.69) is 10.1 Å². The Hall–Kier alpha value is -4.24. The molecule has 4 heterocycles. The van der Waals surface area contributed by atoms with Gasteiger partial charge in [0, 0.05) is 49.7 Å². The molecule has 1 aromatic carbocycles. The van der Waals surface area contributed by atoms with Crippen LogP contribution in [0.1, 0.15) is 49.2 Å². The molecule has 0 N–H and O–H groups in total. The van der Waals surface area contributed by atoms with Crippen molar-refractivity contribution in [3.8, 4) is 17.3 Å². The van der Waals surface area contributed by atoms with Crippen molar-refractivity contribution < 1.29 is 29.3 Å². The number of piperazine rings is 1. The van der Waals surface area contributed by atoms with E-state index in [1.165, 1.54) is 23.1 Å². The number of pyridine rings is 1. The second-order valence-corrected chi connectivity index (χ2v) is 11.2. The molecule has 5 rings (SSSR count). The van der Waals surface area contributed by atoms with Gasteiger partial charge in [-0.1, -0.05) is 18.2 Å². The number of anilines is 3. The maximum Gasteiger partial charge on any atom is 0.410 e. The van der Waals surface area contributed by atoms with E-state index < -0.39 is 54.9 Å². The predicted octanol–water partition coefficient (Wildman–Crippen LogP) is 6.00. The maximum atomic E-state index is 15.7. The number of amides is 1. The number of benzene rings is 1. The van der Waals surface area contributed by atoms with Crippen molar-refractivity contribution in [1.82, 2.24) is 19.5 Å². The Bertz CT molecular complexity index is 1920. The number of aromatic nitrogens is 3. The maximum absolute atomic E-state index is 15.7. The lowest BCUT2D eigenvalue weighted by Crippen LogP contribution is -2.50. The topological polar surface area (TPSA) is 90.0 Å². The quantitative estimate of drug-likeness (QED) is 0.283. The van der Waals surface area contributed by atoms with Crippen LogP contribution in [0, 0.1) is 23.0 Å². The first kappa shape index (κ1) is 19.8. The van der Waals surface area contributed by atoms with Crippen LogP contribution in [0.5, 0.6) is 0 Å². The summed E-state index contributed by atoms with van der Waals surface area (Å²) >= 11 is 0.635. The molecular formula is C29H31F2N7O2S. The minimum atomic E-state index is -3.35. The van der Waals surface area contributed by atoms with Gasteiger partial charge in [-0.05, 0) is 57.5 Å². The zero-order valence-corrected chi connectivity index (χ0v) is 23.2. The van der Waals surface area contributed by atoms with Gasteiger partial charge in [0.15, 0.2) is 10.9 Å². The van der Waals surface area contributed by atoms with Crippen LogP contribution in [0.4, 0.5) is 30.1 Å². The standard InChI is InChI=1S/C29H31F2N7O2S/c1-6-21-26(35(5)27-33-25(24(16-32)41-27)18-7-9-19(30)10-8-18)23-15-22(20(31)17-38(23)34-21)36-11-13-37(14-12-36)28(39)40-29(2,3)4/h7-10,15,17H,6,11-14H2,1-5H3/i1D3,5D3,6D2. The highest BCUT2D eigenvalue weighted by atomic mass is 32.1. The number of rotatable bonds is 5. The van der Waals surface area contributed by atoms with Crippen LogP contribution in [0.3, 0.4) is 0 Å². The lowest BCUT2D eigenvalue weighted by molar-refractivity contribution is 0.0240. The summed E-state index contributed by atoms with van der Waals surface area (Å²) in [5.74, 6) is -1.38. The molecule has 0 aliphatic carbocycles. The highest BCUT2D eigenvalue weighted by Crippen LogP contribution is 2.39. The third-order valence-corrected chi connectivity index (χ3v) is 7.26. The lowest BCUT2D eigenvalue weighted by atomic mass is 10.1. The molecule has 3 aromatic heterocycles. The van der Waals surface area contributed by atoms with Crippen molar-refractivity contribution in [1.29, 1.82) is 5.26 Å². The molecule has 0 unspecified atom stereocenters. The minimum absolute atomic E-state index is 0.0168. The molecule has 1 saturated heterocycles. The van der Waals surface area contributed by atoms with E-state index in [1.807, 2.05) is 6.07 Å². The largest absolute Gasteiger partial charge is 0.444 e. The van der Waals surface area contributed by atoms with Crippen LogP contribution in [-0.4, -0.2) is 64.3 Å². The number of thiazole rings is 1. The molecule has 0 bridgehead atoms. The highest BCUT2D eigenvalue weighted by molar-refractivity contribution is 7.16. The van der Waals surface area contributed by atoms with Crippen LogP contribution in [0.25, 0.3) is 16.8 Å². The Morgan fingerprint density at radius 2 is 1.98 bits per heavy atom. The number of aryl methyl sites for hydroxylation is 1. The van der Waals surface area contributed by atoms with E-state index in [1.54, 1.807) is 25.7 Å². The molecule has 0 saturated carbocycles. The van der Waals surface area contributed by atoms with Gasteiger partial charge < -0.3 is 19.4 Å². The van der Waals surface area contributed by atoms with Gasteiger partial charge in [-0.15, -0.1) is 0 Å². The van der Waals surface area contributed by atoms with Crippen molar-refractivity contribution in [2.75, 3.05) is 43.0 Å². The summed E-state index contributed by atoms with van der Waals surface area (Å²) in [6.07, 6.45) is -2.90. The molecule has 12 heteroatoms. The third kappa shape index (κ3) is 5.67. The first-order chi connectivity index (χ1) is 22.6. The molecule has 4 aromatic rings. The summed E-state index contributed by atoms with van der Waals surface area (Å²) in [5, 5.41) is 13.6. The summed E-state index contributed by atoms with van der Waals surface area (Å²) in [7, 11) is 0. The Kier molecular flexibility index (Phi) is 5.29. The van der Waals surface area contributed by atoms with Crippen molar-refractivity contribution >= 4 is 39.5 Å². The smallest absolute Gasteiger partial charge is 0.410 e. The normalized spacial score (nSPS) is 17.8. The van der Waals surface area contributed by atoms with E-state index in [0.717, 1.165) is 22.8 Å².